The Morgan fingerprint density at radius 3 is 2.37 bits per heavy atom. The molecule has 0 bridgehead atoms. The van der Waals surface area contributed by atoms with Gasteiger partial charge in [-0.05, 0) is 101 Å². The van der Waals surface area contributed by atoms with Crippen LogP contribution in [0.5, 0.6) is 5.75 Å². The predicted octanol–water partition coefficient (Wildman–Crippen LogP) is 4.26. The number of ether oxygens (including phenoxy) is 1. The van der Waals surface area contributed by atoms with Gasteiger partial charge in [0, 0.05) is 69.2 Å². The number of phenolic OH excluding ortho intramolecular Hbond substituents is 1. The van der Waals surface area contributed by atoms with E-state index in [0.29, 0.717) is 25.1 Å². The van der Waals surface area contributed by atoms with Gasteiger partial charge in [0.25, 0.3) is 5.91 Å². The van der Waals surface area contributed by atoms with Crippen molar-refractivity contribution in [2.45, 2.75) is 96.6 Å². The van der Waals surface area contributed by atoms with Crippen molar-refractivity contribution in [1.29, 1.82) is 0 Å². The number of aliphatic hydroxyl groups excluding tert-OH is 1. The number of aliphatic hydroxyl groups is 1. The van der Waals surface area contributed by atoms with Crippen LogP contribution in [0.3, 0.4) is 0 Å². The van der Waals surface area contributed by atoms with E-state index in [-0.39, 0.29) is 36.7 Å². The number of carbonyl (C=O) groups is 3. The van der Waals surface area contributed by atoms with Crippen LogP contribution >= 0.6 is 0 Å². The van der Waals surface area contributed by atoms with E-state index < -0.39 is 23.8 Å². The summed E-state index contributed by atoms with van der Waals surface area (Å²) >= 11 is 0. The summed E-state index contributed by atoms with van der Waals surface area (Å²) in [6.07, 6.45) is 3.80. The number of phenols is 1. The minimum absolute atomic E-state index is 0.0591. The van der Waals surface area contributed by atoms with Crippen molar-refractivity contribution in [1.82, 2.24) is 15.1 Å². The quantitative estimate of drug-likeness (QED) is 0.355. The zero-order valence-electron chi connectivity index (χ0n) is 27.6. The third kappa shape index (κ3) is 8.43. The van der Waals surface area contributed by atoms with E-state index in [1.165, 1.54) is 11.3 Å². The summed E-state index contributed by atoms with van der Waals surface area (Å²) in [5.41, 5.74) is 3.33. The first-order chi connectivity index (χ1) is 21.9. The van der Waals surface area contributed by atoms with Crippen LogP contribution in [0.2, 0.25) is 0 Å². The standard InChI is InChI=1S/C35H49N5O6/c1-23(41)38-14-10-27(11-15-38)37-28-16-25(17-29(20-28)39-12-6-5-7-13-39)33(44)36-21-32(43)31-19-24-8-9-30(42)18-26(24)22-40(31)34(45)46-35(2,3)4/h8-9,16-18,20,27,31-32,37,42-43H,5-7,10-15,19,21-22H2,1-4H3,(H,36,44)/t31-,32+/m0/s1. The number of fused-ring (bicyclic) bond motifs is 1. The zero-order valence-corrected chi connectivity index (χ0v) is 27.6. The molecule has 46 heavy (non-hydrogen) atoms. The van der Waals surface area contributed by atoms with Crippen molar-refractivity contribution in [3.8, 4) is 5.75 Å². The SMILES string of the molecule is CC(=O)N1CCC(Nc2cc(C(=O)NC[C@@H](O)[C@@H]3Cc4ccc(O)cc4CN3C(=O)OC(C)(C)C)cc(N3CCCCC3)c2)CC1. The number of anilines is 2. The molecule has 0 aromatic heterocycles. The van der Waals surface area contributed by atoms with Crippen LogP contribution in [-0.4, -0.2) is 94.4 Å². The van der Waals surface area contributed by atoms with Gasteiger partial charge in [-0.3, -0.25) is 14.5 Å². The Morgan fingerprint density at radius 1 is 0.978 bits per heavy atom. The summed E-state index contributed by atoms with van der Waals surface area (Å²) in [5, 5.41) is 27.9. The highest BCUT2D eigenvalue weighted by Crippen LogP contribution is 2.30. The topological polar surface area (TPSA) is 135 Å². The van der Waals surface area contributed by atoms with Crippen LogP contribution in [0.1, 0.15) is 81.3 Å². The molecule has 250 valence electrons. The third-order valence-electron chi connectivity index (χ3n) is 9.12. The fourth-order valence-electron chi connectivity index (χ4n) is 6.63. The van der Waals surface area contributed by atoms with Crippen molar-refractivity contribution >= 4 is 29.3 Å². The maximum absolute atomic E-state index is 13.6. The van der Waals surface area contributed by atoms with E-state index in [2.05, 4.69) is 21.6 Å². The number of likely N-dealkylation sites (tertiary alicyclic amines) is 1. The minimum atomic E-state index is -1.06. The summed E-state index contributed by atoms with van der Waals surface area (Å²) < 4.78 is 5.66. The van der Waals surface area contributed by atoms with E-state index in [4.69, 9.17) is 4.74 Å². The number of nitrogens with zero attached hydrogens (tertiary/aromatic N) is 3. The van der Waals surface area contributed by atoms with E-state index >= 15 is 0 Å². The van der Waals surface area contributed by atoms with Crippen molar-refractivity contribution in [2.75, 3.05) is 42.9 Å². The molecule has 0 aliphatic carbocycles. The maximum atomic E-state index is 13.6. The fraction of sp³-hybridized carbons (Fsp3) is 0.571. The van der Waals surface area contributed by atoms with Crippen molar-refractivity contribution in [2.24, 2.45) is 0 Å². The number of nitrogens with one attached hydrogen (secondary N) is 2. The summed E-state index contributed by atoms with van der Waals surface area (Å²) in [6, 6.07) is 10.5. The molecule has 0 saturated carbocycles. The smallest absolute Gasteiger partial charge is 0.410 e. The van der Waals surface area contributed by atoms with Gasteiger partial charge in [0.05, 0.1) is 12.1 Å². The van der Waals surface area contributed by atoms with Gasteiger partial charge in [0.1, 0.15) is 11.4 Å². The molecule has 11 heteroatoms. The van der Waals surface area contributed by atoms with Gasteiger partial charge >= 0.3 is 6.09 Å². The molecule has 4 N–H and O–H groups in total. The lowest BCUT2D eigenvalue weighted by molar-refractivity contribution is -0.129. The average Bonchev–Trinajstić information content (AvgIpc) is 3.02. The molecule has 5 rings (SSSR count). The molecule has 3 heterocycles. The van der Waals surface area contributed by atoms with Gasteiger partial charge in [-0.2, -0.15) is 0 Å². The first-order valence-corrected chi connectivity index (χ1v) is 16.5. The molecule has 11 nitrogen and oxygen atoms in total. The Morgan fingerprint density at radius 2 is 1.70 bits per heavy atom. The Kier molecular flexibility index (Phi) is 10.3. The molecule has 2 aromatic rings. The second-order valence-electron chi connectivity index (χ2n) is 13.9. The summed E-state index contributed by atoms with van der Waals surface area (Å²) in [5.74, 6) is -0.105. The number of amides is 3. The van der Waals surface area contributed by atoms with Gasteiger partial charge in [0.15, 0.2) is 0 Å². The highest BCUT2D eigenvalue weighted by atomic mass is 16.6. The normalized spacial score (nSPS) is 19.7. The van der Waals surface area contributed by atoms with Crippen LogP contribution in [0.4, 0.5) is 16.2 Å². The number of hydrogen-bond acceptors (Lipinski definition) is 8. The van der Waals surface area contributed by atoms with Crippen LogP contribution in [0, 0.1) is 0 Å². The van der Waals surface area contributed by atoms with Gasteiger partial charge in [0.2, 0.25) is 5.91 Å². The first-order valence-electron chi connectivity index (χ1n) is 16.5. The Labute approximate surface area is 271 Å². The second-order valence-corrected chi connectivity index (χ2v) is 13.9. The third-order valence-corrected chi connectivity index (χ3v) is 9.12. The molecule has 3 aliphatic heterocycles. The van der Waals surface area contributed by atoms with Gasteiger partial charge in [-0.25, -0.2) is 4.79 Å². The van der Waals surface area contributed by atoms with Gasteiger partial charge < -0.3 is 35.4 Å². The first kappa shape index (κ1) is 33.4. The van der Waals surface area contributed by atoms with Crippen LogP contribution in [0.25, 0.3) is 0 Å². The number of rotatable bonds is 7. The zero-order chi connectivity index (χ0) is 33.0. The van der Waals surface area contributed by atoms with E-state index in [1.54, 1.807) is 45.9 Å². The van der Waals surface area contributed by atoms with E-state index in [9.17, 15) is 24.6 Å². The van der Waals surface area contributed by atoms with E-state index in [1.807, 2.05) is 17.0 Å². The molecule has 2 fully saturated rings. The molecule has 3 amide bonds. The minimum Gasteiger partial charge on any atom is -0.508 e. The van der Waals surface area contributed by atoms with Gasteiger partial charge in [-0.15, -0.1) is 0 Å². The largest absolute Gasteiger partial charge is 0.508 e. The number of hydrogen-bond donors (Lipinski definition) is 4. The lowest BCUT2D eigenvalue weighted by Crippen LogP contribution is -2.54. The molecule has 0 unspecified atom stereocenters. The fourth-order valence-corrected chi connectivity index (χ4v) is 6.63. The Balaban J connectivity index is 1.31. The summed E-state index contributed by atoms with van der Waals surface area (Å²) in [4.78, 5) is 44.3. The summed E-state index contributed by atoms with van der Waals surface area (Å²) in [7, 11) is 0. The number of piperidine rings is 2. The average molecular weight is 636 g/mol. The summed E-state index contributed by atoms with van der Waals surface area (Å²) in [6.45, 7) is 10.4. The molecule has 3 aliphatic rings. The van der Waals surface area contributed by atoms with E-state index in [0.717, 1.165) is 61.3 Å². The van der Waals surface area contributed by atoms with Crippen LogP contribution < -0.4 is 15.5 Å². The van der Waals surface area contributed by atoms with Crippen LogP contribution in [0.15, 0.2) is 36.4 Å². The number of carbonyl (C=O) groups excluding carboxylic acids is 3. The van der Waals surface area contributed by atoms with Crippen molar-refractivity contribution in [3.05, 3.63) is 53.1 Å². The number of benzene rings is 2. The maximum Gasteiger partial charge on any atom is 0.410 e. The van der Waals surface area contributed by atoms with Gasteiger partial charge in [-0.1, -0.05) is 6.07 Å². The highest BCUT2D eigenvalue weighted by molar-refractivity contribution is 5.96. The lowest BCUT2D eigenvalue weighted by Gasteiger charge is -2.40. The predicted molar refractivity (Wildman–Crippen MR) is 177 cm³/mol. The second kappa shape index (κ2) is 14.2. The van der Waals surface area contributed by atoms with Crippen molar-refractivity contribution < 1.29 is 29.3 Å². The highest BCUT2D eigenvalue weighted by Gasteiger charge is 2.37. The van der Waals surface area contributed by atoms with Crippen molar-refractivity contribution in [3.63, 3.8) is 0 Å². The Bertz CT molecular complexity index is 1410. The molecule has 2 atom stereocenters. The number of aromatic hydroxyl groups is 1. The van der Waals surface area contributed by atoms with Crippen LogP contribution in [-0.2, 0) is 22.5 Å². The Hall–Kier alpha value is -3.99. The lowest BCUT2D eigenvalue weighted by atomic mass is 9.91. The molecule has 2 saturated heterocycles. The molecule has 0 spiro atoms. The monoisotopic (exact) mass is 635 g/mol. The molecule has 0 radical (unpaired) electrons. The molecular formula is C35H49N5O6. The molecule has 2 aromatic carbocycles. The molecular weight excluding hydrogens is 586 g/mol.